The first kappa shape index (κ1) is 18.9. The third-order valence-electron chi connectivity index (χ3n) is 5.05. The van der Waals surface area contributed by atoms with Gasteiger partial charge in [-0.1, -0.05) is 30.3 Å². The Bertz CT molecular complexity index is 942. The van der Waals surface area contributed by atoms with E-state index in [1.807, 2.05) is 36.2 Å². The van der Waals surface area contributed by atoms with Crippen molar-refractivity contribution >= 4 is 17.7 Å². The number of piperazine rings is 1. The highest BCUT2D eigenvalue weighted by Gasteiger charge is 2.23. The fourth-order valence-electron chi connectivity index (χ4n) is 3.45. The zero-order chi connectivity index (χ0) is 20.1. The van der Waals surface area contributed by atoms with Crippen LogP contribution in [0.15, 0.2) is 67.1 Å². The summed E-state index contributed by atoms with van der Waals surface area (Å²) in [4.78, 5) is 32.1. The lowest BCUT2D eigenvalue weighted by atomic mass is 10.2. The van der Waals surface area contributed by atoms with Crippen molar-refractivity contribution in [3.8, 4) is 0 Å². The van der Waals surface area contributed by atoms with Crippen LogP contribution in [0.25, 0.3) is 0 Å². The molecule has 3 heterocycles. The number of benzene rings is 1. The molecule has 0 saturated carbocycles. The summed E-state index contributed by atoms with van der Waals surface area (Å²) >= 11 is 0. The van der Waals surface area contributed by atoms with E-state index in [9.17, 15) is 4.79 Å². The van der Waals surface area contributed by atoms with Gasteiger partial charge in [0.25, 0.3) is 5.91 Å². The minimum atomic E-state index is 0.0374. The van der Waals surface area contributed by atoms with Crippen LogP contribution in [0.2, 0.25) is 0 Å². The second-order valence-electron chi connectivity index (χ2n) is 7.07. The van der Waals surface area contributed by atoms with Crippen LogP contribution in [0, 0.1) is 0 Å². The van der Waals surface area contributed by atoms with E-state index in [2.05, 4.69) is 36.9 Å². The molecule has 0 aliphatic carbocycles. The first-order valence-corrected chi connectivity index (χ1v) is 9.73. The highest BCUT2D eigenvalue weighted by molar-refractivity contribution is 5.95. The maximum absolute atomic E-state index is 13.0. The highest BCUT2D eigenvalue weighted by Crippen LogP contribution is 2.17. The Morgan fingerprint density at radius 2 is 1.66 bits per heavy atom. The van der Waals surface area contributed by atoms with E-state index in [0.717, 1.165) is 25.5 Å². The summed E-state index contributed by atoms with van der Waals surface area (Å²) in [7, 11) is 1.99. The van der Waals surface area contributed by atoms with Crippen LogP contribution in [-0.2, 0) is 6.54 Å². The molecule has 1 saturated heterocycles. The maximum atomic E-state index is 13.0. The number of nitrogens with zero attached hydrogens (tertiary/aromatic N) is 6. The fraction of sp³-hybridized carbons (Fsp3) is 0.273. The number of rotatable bonds is 5. The lowest BCUT2D eigenvalue weighted by Gasteiger charge is -2.34. The molecule has 0 N–H and O–H groups in total. The molecule has 1 aromatic carbocycles. The van der Waals surface area contributed by atoms with Crippen molar-refractivity contribution in [2.75, 3.05) is 43.0 Å². The SMILES string of the molecule is CN(Cc1ccccc1)c1cc(C(=O)N2CCN(c3ncccn3)CC2)ccn1. The number of aromatic nitrogens is 3. The smallest absolute Gasteiger partial charge is 0.254 e. The van der Waals surface area contributed by atoms with E-state index in [-0.39, 0.29) is 5.91 Å². The number of carbonyl (C=O) groups excluding carboxylic acids is 1. The molecule has 2 aromatic heterocycles. The summed E-state index contributed by atoms with van der Waals surface area (Å²) in [6.07, 6.45) is 5.19. The molecule has 1 aliphatic heterocycles. The summed E-state index contributed by atoms with van der Waals surface area (Å²) in [6.45, 7) is 3.48. The monoisotopic (exact) mass is 388 g/mol. The molecular weight excluding hydrogens is 364 g/mol. The predicted octanol–water partition coefficient (Wildman–Crippen LogP) is 2.47. The second kappa shape index (κ2) is 8.68. The van der Waals surface area contributed by atoms with E-state index >= 15 is 0 Å². The van der Waals surface area contributed by atoms with Crippen LogP contribution in [0.3, 0.4) is 0 Å². The van der Waals surface area contributed by atoms with Gasteiger partial charge in [0.2, 0.25) is 5.95 Å². The Morgan fingerprint density at radius 3 is 2.38 bits per heavy atom. The topological polar surface area (TPSA) is 65.5 Å². The molecule has 7 heteroatoms. The van der Waals surface area contributed by atoms with Crippen LogP contribution >= 0.6 is 0 Å². The Hall–Kier alpha value is -3.48. The average molecular weight is 388 g/mol. The van der Waals surface area contributed by atoms with Crippen molar-refractivity contribution in [2.45, 2.75) is 6.54 Å². The Balaban J connectivity index is 1.40. The summed E-state index contributed by atoms with van der Waals surface area (Å²) in [6, 6.07) is 15.7. The molecule has 0 spiro atoms. The predicted molar refractivity (Wildman–Crippen MR) is 113 cm³/mol. The molecule has 0 radical (unpaired) electrons. The molecule has 4 rings (SSSR count). The van der Waals surface area contributed by atoms with Gasteiger partial charge in [-0.05, 0) is 23.8 Å². The van der Waals surface area contributed by atoms with Gasteiger partial charge in [0.15, 0.2) is 0 Å². The van der Waals surface area contributed by atoms with Crippen LogP contribution in [0.4, 0.5) is 11.8 Å². The van der Waals surface area contributed by atoms with Crippen LogP contribution < -0.4 is 9.80 Å². The van der Waals surface area contributed by atoms with Gasteiger partial charge >= 0.3 is 0 Å². The first-order valence-electron chi connectivity index (χ1n) is 9.73. The molecule has 29 heavy (non-hydrogen) atoms. The molecule has 0 bridgehead atoms. The van der Waals surface area contributed by atoms with Crippen molar-refractivity contribution in [2.24, 2.45) is 0 Å². The van der Waals surface area contributed by atoms with Gasteiger partial charge < -0.3 is 14.7 Å². The van der Waals surface area contributed by atoms with Crippen molar-refractivity contribution in [1.29, 1.82) is 0 Å². The van der Waals surface area contributed by atoms with Crippen molar-refractivity contribution < 1.29 is 4.79 Å². The van der Waals surface area contributed by atoms with E-state index in [4.69, 9.17) is 0 Å². The molecular formula is C22H24N6O. The summed E-state index contributed by atoms with van der Waals surface area (Å²) < 4.78 is 0. The van der Waals surface area contributed by atoms with Gasteiger partial charge in [0.1, 0.15) is 5.82 Å². The van der Waals surface area contributed by atoms with Crippen LogP contribution in [0.5, 0.6) is 0 Å². The summed E-state index contributed by atoms with van der Waals surface area (Å²) in [5.41, 5.74) is 1.87. The van der Waals surface area contributed by atoms with Crippen molar-refractivity contribution in [3.05, 3.63) is 78.2 Å². The molecule has 1 fully saturated rings. The second-order valence-corrected chi connectivity index (χ2v) is 7.07. The van der Waals surface area contributed by atoms with Crippen molar-refractivity contribution in [3.63, 3.8) is 0 Å². The zero-order valence-electron chi connectivity index (χ0n) is 16.5. The lowest BCUT2D eigenvalue weighted by Crippen LogP contribution is -2.49. The van der Waals surface area contributed by atoms with Crippen LogP contribution in [-0.4, -0.2) is 59.0 Å². The van der Waals surface area contributed by atoms with Crippen LogP contribution in [0.1, 0.15) is 15.9 Å². The Labute approximate surface area is 170 Å². The molecule has 1 aliphatic rings. The first-order chi connectivity index (χ1) is 14.2. The van der Waals surface area contributed by atoms with E-state index in [1.54, 1.807) is 30.7 Å². The molecule has 148 valence electrons. The fourth-order valence-corrected chi connectivity index (χ4v) is 3.45. The van der Waals surface area contributed by atoms with Gasteiger partial charge in [0, 0.05) is 63.9 Å². The quantitative estimate of drug-likeness (QED) is 0.669. The van der Waals surface area contributed by atoms with E-state index < -0.39 is 0 Å². The number of anilines is 2. The molecule has 3 aromatic rings. The van der Waals surface area contributed by atoms with Gasteiger partial charge in [-0.25, -0.2) is 15.0 Å². The number of hydrogen-bond acceptors (Lipinski definition) is 6. The average Bonchev–Trinajstić information content (AvgIpc) is 2.80. The third-order valence-corrected chi connectivity index (χ3v) is 5.05. The summed E-state index contributed by atoms with van der Waals surface area (Å²) in [5, 5.41) is 0. The molecule has 1 amide bonds. The van der Waals surface area contributed by atoms with E-state index in [0.29, 0.717) is 24.6 Å². The zero-order valence-corrected chi connectivity index (χ0v) is 16.5. The Morgan fingerprint density at radius 1 is 0.931 bits per heavy atom. The largest absolute Gasteiger partial charge is 0.355 e. The van der Waals surface area contributed by atoms with Gasteiger partial charge in [-0.2, -0.15) is 0 Å². The Kier molecular flexibility index (Phi) is 5.65. The minimum Gasteiger partial charge on any atom is -0.355 e. The van der Waals surface area contributed by atoms with E-state index in [1.165, 1.54) is 5.56 Å². The normalized spacial score (nSPS) is 14.0. The number of carbonyl (C=O) groups is 1. The van der Waals surface area contributed by atoms with Gasteiger partial charge in [0.05, 0.1) is 0 Å². The standard InChI is InChI=1S/C22H24N6O/c1-26(17-18-6-3-2-4-7-18)20-16-19(8-11-23-20)21(29)27-12-14-28(15-13-27)22-24-9-5-10-25-22/h2-11,16H,12-15,17H2,1H3. The molecule has 0 atom stereocenters. The maximum Gasteiger partial charge on any atom is 0.254 e. The molecule has 0 unspecified atom stereocenters. The minimum absolute atomic E-state index is 0.0374. The number of amides is 1. The van der Waals surface area contributed by atoms with Crippen molar-refractivity contribution in [1.82, 2.24) is 19.9 Å². The van der Waals surface area contributed by atoms with Gasteiger partial charge in [-0.15, -0.1) is 0 Å². The number of pyridine rings is 1. The highest BCUT2D eigenvalue weighted by atomic mass is 16.2. The lowest BCUT2D eigenvalue weighted by molar-refractivity contribution is 0.0746. The number of hydrogen-bond donors (Lipinski definition) is 0. The third kappa shape index (κ3) is 4.51. The van der Waals surface area contributed by atoms with Gasteiger partial charge in [-0.3, -0.25) is 4.79 Å². The summed E-state index contributed by atoms with van der Waals surface area (Å²) in [5.74, 6) is 1.54. The molecule has 7 nitrogen and oxygen atoms in total.